The summed E-state index contributed by atoms with van der Waals surface area (Å²) in [5, 5.41) is 5.16. The van der Waals surface area contributed by atoms with Gasteiger partial charge in [0.2, 0.25) is 5.78 Å². The van der Waals surface area contributed by atoms with Gasteiger partial charge in [0.05, 0.1) is 12.1 Å². The van der Waals surface area contributed by atoms with Crippen LogP contribution in [0.5, 0.6) is 0 Å². The molecule has 0 saturated carbocycles. The molecule has 3 rings (SSSR count). The number of nitrogens with zero attached hydrogens (tertiary/aromatic N) is 2. The van der Waals surface area contributed by atoms with Gasteiger partial charge in [-0.3, -0.25) is 9.48 Å². The molecule has 1 aromatic carbocycles. The van der Waals surface area contributed by atoms with Crippen molar-refractivity contribution in [3.05, 3.63) is 53.5 Å². The lowest BCUT2D eigenvalue weighted by Gasteiger charge is -1.93. The number of Topliss-reactive ketones (excluding diaryl/α,β-unsaturated/α-hetero) is 1. The van der Waals surface area contributed by atoms with E-state index in [0.29, 0.717) is 5.76 Å². The minimum atomic E-state index is -0.0486. The largest absolute Gasteiger partial charge is 0.453 e. The maximum absolute atomic E-state index is 12.1. The Hall–Kier alpha value is -2.36. The van der Waals surface area contributed by atoms with Crippen molar-refractivity contribution in [2.24, 2.45) is 7.05 Å². The highest BCUT2D eigenvalue weighted by Crippen LogP contribution is 2.21. The molecule has 0 aliphatic heterocycles. The summed E-state index contributed by atoms with van der Waals surface area (Å²) in [6.45, 7) is 2.02. The number of hydrogen-bond acceptors (Lipinski definition) is 3. The van der Waals surface area contributed by atoms with E-state index < -0.39 is 0 Å². The second-order valence-corrected chi connectivity index (χ2v) is 4.73. The number of benzene rings is 1. The van der Waals surface area contributed by atoms with E-state index in [-0.39, 0.29) is 12.2 Å². The number of hydrogen-bond donors (Lipinski definition) is 0. The van der Waals surface area contributed by atoms with E-state index in [2.05, 4.69) is 5.10 Å². The summed E-state index contributed by atoms with van der Waals surface area (Å²) in [6, 6.07) is 9.51. The molecule has 0 spiro atoms. The van der Waals surface area contributed by atoms with Crippen molar-refractivity contribution in [1.29, 1.82) is 0 Å². The summed E-state index contributed by atoms with van der Waals surface area (Å²) < 4.78 is 7.26. The van der Waals surface area contributed by atoms with Crippen molar-refractivity contribution < 1.29 is 9.21 Å². The number of ketones is 1. The number of furan rings is 1. The van der Waals surface area contributed by atoms with Crippen LogP contribution in [0.25, 0.3) is 11.0 Å². The van der Waals surface area contributed by atoms with Crippen LogP contribution in [-0.2, 0) is 13.5 Å². The molecule has 0 atom stereocenters. The van der Waals surface area contributed by atoms with Gasteiger partial charge in [-0.05, 0) is 31.2 Å². The summed E-state index contributed by atoms with van der Waals surface area (Å²) in [5.74, 6) is 0.346. The normalized spacial score (nSPS) is 11.1. The number of carbonyl (C=O) groups is 1. The Morgan fingerprint density at radius 2 is 2.16 bits per heavy atom. The van der Waals surface area contributed by atoms with E-state index in [4.69, 9.17) is 4.42 Å². The minimum Gasteiger partial charge on any atom is -0.453 e. The fraction of sp³-hybridized carbons (Fsp3) is 0.200. The van der Waals surface area contributed by atoms with Gasteiger partial charge in [-0.1, -0.05) is 11.6 Å². The van der Waals surface area contributed by atoms with E-state index in [0.717, 1.165) is 22.2 Å². The van der Waals surface area contributed by atoms with E-state index in [1.807, 2.05) is 44.4 Å². The Kier molecular flexibility index (Phi) is 2.71. The highest BCUT2D eigenvalue weighted by atomic mass is 16.3. The second kappa shape index (κ2) is 4.39. The van der Waals surface area contributed by atoms with Gasteiger partial charge >= 0.3 is 0 Å². The summed E-state index contributed by atoms with van der Waals surface area (Å²) in [6.07, 6.45) is 2.09. The Balaban J connectivity index is 1.89. The number of aryl methyl sites for hydroxylation is 2. The van der Waals surface area contributed by atoms with Crippen LogP contribution in [0.15, 0.2) is 40.9 Å². The summed E-state index contributed by atoms with van der Waals surface area (Å²) in [5.41, 5.74) is 2.65. The molecule has 0 aliphatic rings. The van der Waals surface area contributed by atoms with Gasteiger partial charge in [0.15, 0.2) is 5.76 Å². The Labute approximate surface area is 110 Å². The summed E-state index contributed by atoms with van der Waals surface area (Å²) in [7, 11) is 1.83. The molecular formula is C15H14N2O2. The molecule has 0 bridgehead atoms. The maximum atomic E-state index is 12.1. The van der Waals surface area contributed by atoms with E-state index in [1.165, 1.54) is 0 Å². The predicted molar refractivity (Wildman–Crippen MR) is 72.2 cm³/mol. The topological polar surface area (TPSA) is 48.0 Å². The third-order valence-corrected chi connectivity index (χ3v) is 3.06. The molecule has 4 heteroatoms. The summed E-state index contributed by atoms with van der Waals surface area (Å²) in [4.78, 5) is 12.1. The number of rotatable bonds is 3. The number of fused-ring (bicyclic) bond motifs is 1. The third kappa shape index (κ3) is 2.29. The average Bonchev–Trinajstić information content (AvgIpc) is 2.95. The lowest BCUT2D eigenvalue weighted by Crippen LogP contribution is -2.03. The molecule has 0 aliphatic carbocycles. The Bertz CT molecular complexity index is 752. The minimum absolute atomic E-state index is 0.0486. The molecule has 0 unspecified atom stereocenters. The van der Waals surface area contributed by atoms with Crippen LogP contribution >= 0.6 is 0 Å². The van der Waals surface area contributed by atoms with Gasteiger partial charge in [-0.2, -0.15) is 5.10 Å². The zero-order valence-corrected chi connectivity index (χ0v) is 10.9. The fourth-order valence-electron chi connectivity index (χ4n) is 2.11. The monoisotopic (exact) mass is 254 g/mol. The molecule has 2 aromatic heterocycles. The zero-order valence-electron chi connectivity index (χ0n) is 10.9. The quantitative estimate of drug-likeness (QED) is 0.675. The number of carbonyl (C=O) groups excluding carboxylic acids is 1. The Morgan fingerprint density at radius 3 is 2.89 bits per heavy atom. The molecule has 0 N–H and O–H groups in total. The first-order valence-corrected chi connectivity index (χ1v) is 6.14. The molecule has 0 radical (unpaired) electrons. The van der Waals surface area contributed by atoms with E-state index >= 15 is 0 Å². The lowest BCUT2D eigenvalue weighted by molar-refractivity contribution is 0.0967. The van der Waals surface area contributed by atoms with E-state index in [1.54, 1.807) is 10.7 Å². The van der Waals surface area contributed by atoms with Gasteiger partial charge < -0.3 is 4.42 Å². The van der Waals surface area contributed by atoms with Crippen molar-refractivity contribution in [2.75, 3.05) is 0 Å². The standard InChI is InChI=1S/C15H14N2O2/c1-10-3-4-14-11(7-10)8-15(19-14)13(18)9-12-5-6-17(2)16-12/h3-8H,9H2,1-2H3. The molecular weight excluding hydrogens is 240 g/mol. The van der Waals surface area contributed by atoms with Crippen LogP contribution in [0, 0.1) is 6.92 Å². The SMILES string of the molecule is Cc1ccc2oc(C(=O)Cc3ccn(C)n3)cc2c1. The first kappa shape index (κ1) is 11.7. The van der Waals surface area contributed by atoms with Crippen LogP contribution in [-0.4, -0.2) is 15.6 Å². The van der Waals surface area contributed by atoms with Crippen molar-refractivity contribution in [3.8, 4) is 0 Å². The molecule has 4 nitrogen and oxygen atoms in total. The second-order valence-electron chi connectivity index (χ2n) is 4.73. The molecule has 0 saturated heterocycles. The lowest BCUT2D eigenvalue weighted by atomic mass is 10.1. The van der Waals surface area contributed by atoms with Crippen LogP contribution in [0.4, 0.5) is 0 Å². The molecule has 3 aromatic rings. The zero-order chi connectivity index (χ0) is 13.4. The Morgan fingerprint density at radius 1 is 1.32 bits per heavy atom. The average molecular weight is 254 g/mol. The highest BCUT2D eigenvalue weighted by molar-refractivity contribution is 5.98. The third-order valence-electron chi connectivity index (χ3n) is 3.06. The van der Waals surface area contributed by atoms with Crippen molar-refractivity contribution in [1.82, 2.24) is 9.78 Å². The smallest absolute Gasteiger partial charge is 0.204 e. The highest BCUT2D eigenvalue weighted by Gasteiger charge is 2.14. The predicted octanol–water partition coefficient (Wildman–Crippen LogP) is 2.90. The van der Waals surface area contributed by atoms with Crippen molar-refractivity contribution in [2.45, 2.75) is 13.3 Å². The van der Waals surface area contributed by atoms with Gasteiger partial charge in [0.1, 0.15) is 5.58 Å². The first-order chi connectivity index (χ1) is 9.11. The van der Waals surface area contributed by atoms with Crippen LogP contribution in [0.3, 0.4) is 0 Å². The van der Waals surface area contributed by atoms with Gasteiger partial charge in [0.25, 0.3) is 0 Å². The molecule has 19 heavy (non-hydrogen) atoms. The molecule has 0 fully saturated rings. The maximum Gasteiger partial charge on any atom is 0.204 e. The van der Waals surface area contributed by atoms with E-state index in [9.17, 15) is 4.79 Å². The van der Waals surface area contributed by atoms with Crippen molar-refractivity contribution in [3.63, 3.8) is 0 Å². The molecule has 2 heterocycles. The van der Waals surface area contributed by atoms with Gasteiger partial charge in [-0.15, -0.1) is 0 Å². The van der Waals surface area contributed by atoms with Crippen LogP contribution < -0.4 is 0 Å². The molecule has 0 amide bonds. The fourth-order valence-corrected chi connectivity index (χ4v) is 2.11. The van der Waals surface area contributed by atoms with Crippen molar-refractivity contribution >= 4 is 16.8 Å². The van der Waals surface area contributed by atoms with Crippen LogP contribution in [0.1, 0.15) is 21.8 Å². The van der Waals surface area contributed by atoms with Crippen LogP contribution in [0.2, 0.25) is 0 Å². The summed E-state index contributed by atoms with van der Waals surface area (Å²) >= 11 is 0. The molecule has 96 valence electrons. The van der Waals surface area contributed by atoms with Gasteiger partial charge in [0, 0.05) is 18.6 Å². The van der Waals surface area contributed by atoms with Gasteiger partial charge in [-0.25, -0.2) is 0 Å². The number of aromatic nitrogens is 2. The first-order valence-electron chi connectivity index (χ1n) is 6.14.